The van der Waals surface area contributed by atoms with Crippen molar-refractivity contribution in [2.45, 2.75) is 83.2 Å². The van der Waals surface area contributed by atoms with Crippen LogP contribution in [0.15, 0.2) is 42.5 Å². The third kappa shape index (κ3) is 4.57. The number of benzene rings is 2. The minimum absolute atomic E-state index is 0.174. The molecule has 5 rings (SSSR count). The summed E-state index contributed by atoms with van der Waals surface area (Å²) in [5.74, 6) is 2.24. The SMILES string of the molecule is COc1ccc(-c2nc3ccccc3n2C(C(=O)NC2CCCCC2)C2CCCCC2)cc1C. The average Bonchev–Trinajstić information content (AvgIpc) is 3.25. The largest absolute Gasteiger partial charge is 0.496 e. The number of hydrogen-bond acceptors (Lipinski definition) is 3. The van der Waals surface area contributed by atoms with Crippen molar-refractivity contribution in [2.24, 2.45) is 5.92 Å². The number of para-hydroxylation sites is 2. The van der Waals surface area contributed by atoms with E-state index in [-0.39, 0.29) is 11.9 Å². The average molecular weight is 460 g/mol. The Hall–Kier alpha value is -2.82. The zero-order valence-electron chi connectivity index (χ0n) is 20.6. The Morgan fingerprint density at radius 1 is 1.00 bits per heavy atom. The first-order valence-corrected chi connectivity index (χ1v) is 13.1. The number of amides is 1. The monoisotopic (exact) mass is 459 g/mol. The van der Waals surface area contributed by atoms with E-state index in [1.54, 1.807) is 7.11 Å². The number of carbonyl (C=O) groups is 1. The molecule has 0 bridgehead atoms. The number of aryl methyl sites for hydroxylation is 1. The Morgan fingerprint density at radius 2 is 1.71 bits per heavy atom. The molecule has 1 unspecified atom stereocenters. The number of nitrogens with zero attached hydrogens (tertiary/aromatic N) is 2. The minimum atomic E-state index is -0.243. The highest BCUT2D eigenvalue weighted by Crippen LogP contribution is 2.39. The van der Waals surface area contributed by atoms with Gasteiger partial charge < -0.3 is 14.6 Å². The normalized spacial score (nSPS) is 18.6. The molecule has 1 aromatic heterocycles. The van der Waals surface area contributed by atoms with E-state index in [4.69, 9.17) is 9.72 Å². The first-order chi connectivity index (χ1) is 16.7. The van der Waals surface area contributed by atoms with Gasteiger partial charge in [-0.3, -0.25) is 4.79 Å². The minimum Gasteiger partial charge on any atom is -0.496 e. The molecule has 180 valence electrons. The van der Waals surface area contributed by atoms with Gasteiger partial charge in [-0.25, -0.2) is 4.98 Å². The van der Waals surface area contributed by atoms with Crippen molar-refractivity contribution in [2.75, 3.05) is 7.11 Å². The third-order valence-corrected chi connectivity index (χ3v) is 7.84. The van der Waals surface area contributed by atoms with E-state index in [2.05, 4.69) is 47.1 Å². The summed E-state index contributed by atoms with van der Waals surface area (Å²) in [4.78, 5) is 19.1. The van der Waals surface area contributed by atoms with Crippen LogP contribution in [0.5, 0.6) is 5.75 Å². The van der Waals surface area contributed by atoms with Crippen molar-refractivity contribution in [1.82, 2.24) is 14.9 Å². The molecule has 0 aliphatic heterocycles. The van der Waals surface area contributed by atoms with E-state index in [0.29, 0.717) is 12.0 Å². The molecule has 0 spiro atoms. The van der Waals surface area contributed by atoms with Crippen LogP contribution in [0, 0.1) is 12.8 Å². The Bertz CT molecular complexity index is 1140. The molecule has 1 atom stereocenters. The van der Waals surface area contributed by atoms with Crippen LogP contribution in [0.3, 0.4) is 0 Å². The molecule has 2 aliphatic carbocycles. The molecule has 3 aromatic rings. The van der Waals surface area contributed by atoms with Crippen LogP contribution in [0.2, 0.25) is 0 Å². The second-order valence-electron chi connectivity index (χ2n) is 10.2. The van der Waals surface area contributed by atoms with Gasteiger partial charge in [0.05, 0.1) is 18.1 Å². The Labute approximate surface area is 202 Å². The second-order valence-corrected chi connectivity index (χ2v) is 10.2. The number of ether oxygens (including phenoxy) is 1. The van der Waals surface area contributed by atoms with Crippen molar-refractivity contribution >= 4 is 16.9 Å². The van der Waals surface area contributed by atoms with Gasteiger partial charge in [0.2, 0.25) is 5.91 Å². The van der Waals surface area contributed by atoms with Gasteiger partial charge in [0, 0.05) is 11.6 Å². The Morgan fingerprint density at radius 3 is 2.41 bits per heavy atom. The number of hydrogen-bond donors (Lipinski definition) is 1. The quantitative estimate of drug-likeness (QED) is 0.452. The molecule has 0 radical (unpaired) electrons. The molecule has 2 aromatic carbocycles. The van der Waals surface area contributed by atoms with Crippen molar-refractivity contribution in [3.8, 4) is 17.1 Å². The highest BCUT2D eigenvalue weighted by molar-refractivity contribution is 5.87. The summed E-state index contributed by atoms with van der Waals surface area (Å²) in [6.07, 6.45) is 11.7. The summed E-state index contributed by atoms with van der Waals surface area (Å²) < 4.78 is 7.75. The van der Waals surface area contributed by atoms with E-state index >= 15 is 0 Å². The molecule has 1 N–H and O–H groups in total. The zero-order chi connectivity index (χ0) is 23.5. The van der Waals surface area contributed by atoms with Crippen molar-refractivity contribution in [3.63, 3.8) is 0 Å². The number of imidazole rings is 1. The fraction of sp³-hybridized carbons (Fsp3) is 0.517. The molecule has 0 saturated heterocycles. The van der Waals surface area contributed by atoms with Gasteiger partial charge in [-0.15, -0.1) is 0 Å². The van der Waals surface area contributed by atoms with E-state index in [0.717, 1.165) is 59.4 Å². The molecule has 2 saturated carbocycles. The Balaban J connectivity index is 1.62. The fourth-order valence-electron chi connectivity index (χ4n) is 6.07. The number of nitrogens with one attached hydrogen (secondary N) is 1. The van der Waals surface area contributed by atoms with Gasteiger partial charge >= 0.3 is 0 Å². The lowest BCUT2D eigenvalue weighted by atomic mass is 9.82. The third-order valence-electron chi connectivity index (χ3n) is 7.84. The molecule has 2 aliphatic rings. The van der Waals surface area contributed by atoms with E-state index in [9.17, 15) is 4.79 Å². The summed E-state index contributed by atoms with van der Waals surface area (Å²) in [6.45, 7) is 2.06. The number of fused-ring (bicyclic) bond motifs is 1. The predicted molar refractivity (Wildman–Crippen MR) is 137 cm³/mol. The van der Waals surface area contributed by atoms with Gasteiger partial charge in [-0.1, -0.05) is 50.7 Å². The highest BCUT2D eigenvalue weighted by Gasteiger charge is 2.35. The second kappa shape index (κ2) is 10.2. The topological polar surface area (TPSA) is 56.2 Å². The molecule has 34 heavy (non-hydrogen) atoms. The maximum Gasteiger partial charge on any atom is 0.243 e. The number of rotatable bonds is 6. The first-order valence-electron chi connectivity index (χ1n) is 13.1. The van der Waals surface area contributed by atoms with Crippen molar-refractivity contribution in [3.05, 3.63) is 48.0 Å². The summed E-state index contributed by atoms with van der Waals surface area (Å²) in [5, 5.41) is 3.47. The van der Waals surface area contributed by atoms with Crippen LogP contribution in [-0.4, -0.2) is 28.6 Å². The molecule has 1 amide bonds. The first kappa shape index (κ1) is 22.9. The summed E-state index contributed by atoms with van der Waals surface area (Å²) in [6, 6.07) is 14.5. The van der Waals surface area contributed by atoms with Gasteiger partial charge in [-0.05, 0) is 74.4 Å². The smallest absolute Gasteiger partial charge is 0.243 e. The van der Waals surface area contributed by atoms with E-state index < -0.39 is 0 Å². The maximum absolute atomic E-state index is 14.0. The van der Waals surface area contributed by atoms with Crippen LogP contribution < -0.4 is 10.1 Å². The van der Waals surface area contributed by atoms with Crippen molar-refractivity contribution in [1.29, 1.82) is 0 Å². The summed E-state index contributed by atoms with van der Waals surface area (Å²) >= 11 is 0. The molecule has 2 fully saturated rings. The van der Waals surface area contributed by atoms with Crippen LogP contribution in [0.4, 0.5) is 0 Å². The van der Waals surface area contributed by atoms with Gasteiger partial charge in [0.15, 0.2) is 0 Å². The van der Waals surface area contributed by atoms with Crippen LogP contribution >= 0.6 is 0 Å². The van der Waals surface area contributed by atoms with Gasteiger partial charge in [0.25, 0.3) is 0 Å². The summed E-state index contributed by atoms with van der Waals surface area (Å²) in [7, 11) is 1.70. The fourth-order valence-corrected chi connectivity index (χ4v) is 6.07. The van der Waals surface area contributed by atoms with E-state index in [1.165, 1.54) is 38.5 Å². The number of aromatic nitrogens is 2. The lowest BCUT2D eigenvalue weighted by Gasteiger charge is -2.33. The standard InChI is InChI=1S/C29H37N3O2/c1-20-19-22(17-18-26(20)34-2)28-31-24-15-9-10-16-25(24)32(28)27(21-11-5-3-6-12-21)29(33)30-23-13-7-4-8-14-23/h9-10,15-19,21,23,27H,3-8,11-14H2,1-2H3,(H,30,33). The molecule has 1 heterocycles. The van der Waals surface area contributed by atoms with Crippen LogP contribution in [-0.2, 0) is 4.79 Å². The van der Waals surface area contributed by atoms with Crippen LogP contribution in [0.1, 0.15) is 75.8 Å². The molecule has 5 nitrogen and oxygen atoms in total. The zero-order valence-corrected chi connectivity index (χ0v) is 20.6. The summed E-state index contributed by atoms with van der Waals surface area (Å²) in [5.41, 5.74) is 4.08. The molecular weight excluding hydrogens is 422 g/mol. The van der Waals surface area contributed by atoms with Crippen molar-refractivity contribution < 1.29 is 9.53 Å². The van der Waals surface area contributed by atoms with Crippen LogP contribution in [0.25, 0.3) is 22.4 Å². The maximum atomic E-state index is 14.0. The predicted octanol–water partition coefficient (Wildman–Crippen LogP) is 6.59. The van der Waals surface area contributed by atoms with E-state index in [1.807, 2.05) is 12.1 Å². The van der Waals surface area contributed by atoms with Gasteiger partial charge in [0.1, 0.15) is 17.6 Å². The van der Waals surface area contributed by atoms with Gasteiger partial charge in [-0.2, -0.15) is 0 Å². The highest BCUT2D eigenvalue weighted by atomic mass is 16.5. The molecular formula is C29H37N3O2. The lowest BCUT2D eigenvalue weighted by molar-refractivity contribution is -0.127. The lowest BCUT2D eigenvalue weighted by Crippen LogP contribution is -2.43. The molecule has 5 heteroatoms. The number of methoxy groups -OCH3 is 1. The number of carbonyl (C=O) groups excluding carboxylic acids is 1. The Kier molecular flexibility index (Phi) is 6.89.